The van der Waals surface area contributed by atoms with Crippen molar-refractivity contribution < 1.29 is 46.1 Å². The molecule has 2 atom stereocenters. The SMILES string of the molecule is CCOCC1=CC(OC)=C(c2ccc(C[C@H](NC(=O)c3cc4ccccc4n3S(=O)(=O)c3c(F)cccc3F)C(=O)O)cc2)C(OC)C1. The lowest BCUT2D eigenvalue weighted by molar-refractivity contribution is -0.139. The number of amides is 1. The Morgan fingerprint density at radius 2 is 1.71 bits per heavy atom. The monoisotopic (exact) mass is 680 g/mol. The van der Waals surface area contributed by atoms with Crippen molar-refractivity contribution in [2.45, 2.75) is 36.8 Å². The third-order valence-electron chi connectivity index (χ3n) is 7.99. The molecule has 0 spiro atoms. The zero-order valence-electron chi connectivity index (χ0n) is 26.4. The van der Waals surface area contributed by atoms with Gasteiger partial charge in [0.2, 0.25) is 0 Å². The molecule has 10 nitrogen and oxygen atoms in total. The number of aromatic nitrogens is 1. The average molecular weight is 681 g/mol. The second-order valence-electron chi connectivity index (χ2n) is 11.0. The normalized spacial score (nSPS) is 15.7. The molecule has 5 rings (SSSR count). The lowest BCUT2D eigenvalue weighted by Crippen LogP contribution is -2.43. The van der Waals surface area contributed by atoms with Crippen LogP contribution in [0.15, 0.2) is 95.1 Å². The van der Waals surface area contributed by atoms with E-state index in [0.29, 0.717) is 34.9 Å². The highest BCUT2D eigenvalue weighted by molar-refractivity contribution is 7.90. The van der Waals surface area contributed by atoms with Crippen molar-refractivity contribution >= 4 is 38.4 Å². The number of hydrogen-bond donors (Lipinski definition) is 2. The minimum absolute atomic E-state index is 0.0190. The second-order valence-corrected chi connectivity index (χ2v) is 12.7. The van der Waals surface area contributed by atoms with Gasteiger partial charge in [-0.2, -0.15) is 0 Å². The maximum Gasteiger partial charge on any atom is 0.326 e. The molecule has 1 unspecified atom stereocenters. The summed E-state index contributed by atoms with van der Waals surface area (Å²) in [5.74, 6) is -4.50. The summed E-state index contributed by atoms with van der Waals surface area (Å²) in [4.78, 5) is 24.7. The minimum Gasteiger partial charge on any atom is -0.496 e. The van der Waals surface area contributed by atoms with Crippen LogP contribution in [0.5, 0.6) is 0 Å². The molecule has 48 heavy (non-hydrogen) atoms. The van der Waals surface area contributed by atoms with Crippen molar-refractivity contribution in [3.05, 3.63) is 119 Å². The molecule has 4 aromatic rings. The van der Waals surface area contributed by atoms with Gasteiger partial charge in [-0.3, -0.25) is 4.79 Å². The van der Waals surface area contributed by atoms with E-state index in [0.717, 1.165) is 34.9 Å². The highest BCUT2D eigenvalue weighted by atomic mass is 32.2. The van der Waals surface area contributed by atoms with Gasteiger partial charge >= 0.3 is 5.97 Å². The lowest BCUT2D eigenvalue weighted by Gasteiger charge is -2.27. The summed E-state index contributed by atoms with van der Waals surface area (Å²) in [7, 11) is -1.82. The molecule has 1 heterocycles. The van der Waals surface area contributed by atoms with Crippen molar-refractivity contribution in [3.63, 3.8) is 0 Å². The Hall–Kier alpha value is -4.85. The van der Waals surface area contributed by atoms with Crippen LogP contribution in [0.1, 0.15) is 35.0 Å². The van der Waals surface area contributed by atoms with E-state index in [1.165, 1.54) is 24.3 Å². The smallest absolute Gasteiger partial charge is 0.326 e. The number of rotatable bonds is 13. The van der Waals surface area contributed by atoms with Crippen LogP contribution in [-0.4, -0.2) is 69.0 Å². The number of fused-ring (bicyclic) bond motifs is 1. The number of carbonyl (C=O) groups excluding carboxylic acids is 1. The van der Waals surface area contributed by atoms with Crippen LogP contribution in [0, 0.1) is 11.6 Å². The molecule has 252 valence electrons. The molecule has 2 N–H and O–H groups in total. The summed E-state index contributed by atoms with van der Waals surface area (Å²) in [5.41, 5.74) is 2.65. The third-order valence-corrected chi connectivity index (χ3v) is 9.77. The first-order valence-corrected chi connectivity index (χ1v) is 16.4. The number of carboxylic acid groups (broad SMARTS) is 1. The van der Waals surface area contributed by atoms with Gasteiger partial charge in [-0.05, 0) is 54.0 Å². The summed E-state index contributed by atoms with van der Waals surface area (Å²) < 4.78 is 74.2. The predicted molar refractivity (Wildman–Crippen MR) is 174 cm³/mol. The van der Waals surface area contributed by atoms with Gasteiger partial charge < -0.3 is 24.6 Å². The van der Waals surface area contributed by atoms with Gasteiger partial charge in [0.25, 0.3) is 15.9 Å². The molecule has 3 aromatic carbocycles. The number of nitrogens with one attached hydrogen (secondary N) is 1. The van der Waals surface area contributed by atoms with Crippen molar-refractivity contribution in [1.29, 1.82) is 0 Å². The van der Waals surface area contributed by atoms with Crippen LogP contribution in [0.25, 0.3) is 16.5 Å². The van der Waals surface area contributed by atoms with E-state index in [1.54, 1.807) is 44.6 Å². The second kappa shape index (κ2) is 14.5. The molecule has 0 saturated heterocycles. The average Bonchev–Trinajstić information content (AvgIpc) is 3.47. The summed E-state index contributed by atoms with van der Waals surface area (Å²) in [6.45, 7) is 2.94. The molecule has 0 saturated carbocycles. The number of halogens is 2. The third kappa shape index (κ3) is 6.89. The molecular formula is C35H34F2N2O8S. The molecule has 1 aromatic heterocycles. The number of carbonyl (C=O) groups is 2. The fourth-order valence-electron chi connectivity index (χ4n) is 5.71. The molecular weight excluding hydrogens is 646 g/mol. The Morgan fingerprint density at radius 1 is 1.02 bits per heavy atom. The van der Waals surface area contributed by atoms with Gasteiger partial charge in [-0.15, -0.1) is 0 Å². The fraction of sp³-hybridized carbons (Fsp3) is 0.257. The number of aliphatic carboxylic acids is 1. The Balaban J connectivity index is 1.44. The summed E-state index contributed by atoms with van der Waals surface area (Å²) in [6, 6.07) is 15.4. The number of ether oxygens (including phenoxy) is 3. The molecule has 1 aliphatic carbocycles. The van der Waals surface area contributed by atoms with Gasteiger partial charge in [0.15, 0.2) is 4.90 Å². The number of methoxy groups -OCH3 is 2. The maximum atomic E-state index is 14.7. The molecule has 1 aliphatic rings. The maximum absolute atomic E-state index is 14.7. The van der Waals surface area contributed by atoms with Gasteiger partial charge in [-0.1, -0.05) is 48.5 Å². The molecule has 1 amide bonds. The van der Waals surface area contributed by atoms with Gasteiger partial charge in [-0.25, -0.2) is 26.0 Å². The van der Waals surface area contributed by atoms with E-state index in [9.17, 15) is 31.9 Å². The molecule has 0 fully saturated rings. The predicted octanol–water partition coefficient (Wildman–Crippen LogP) is 5.32. The lowest BCUT2D eigenvalue weighted by atomic mass is 9.88. The van der Waals surface area contributed by atoms with Crippen molar-refractivity contribution in [3.8, 4) is 0 Å². The number of allylic oxidation sites excluding steroid dienone is 1. The van der Waals surface area contributed by atoms with Gasteiger partial charge in [0, 0.05) is 37.5 Å². The van der Waals surface area contributed by atoms with Crippen LogP contribution < -0.4 is 5.32 Å². The van der Waals surface area contributed by atoms with Crippen LogP contribution in [0.4, 0.5) is 8.78 Å². The zero-order chi connectivity index (χ0) is 34.6. The van der Waals surface area contributed by atoms with Crippen LogP contribution in [0.2, 0.25) is 0 Å². The first-order chi connectivity index (χ1) is 23.0. The summed E-state index contributed by atoms with van der Waals surface area (Å²) >= 11 is 0. The largest absolute Gasteiger partial charge is 0.496 e. The van der Waals surface area contributed by atoms with E-state index in [2.05, 4.69) is 5.32 Å². The summed E-state index contributed by atoms with van der Waals surface area (Å²) in [5, 5.41) is 12.7. The standard InChI is InChI=1S/C35H34F2N2O8S/c1-4-47-20-22-17-30(45-2)32(31(18-22)46-3)23-14-12-21(13-15-23)16-27(35(41)42)38-34(40)29-19-24-8-5-6-11-28(24)39(29)48(43,44)33-25(36)9-7-10-26(33)37/h5-15,17,19,27,31H,4,16,18,20H2,1-3H3,(H,38,40)(H,41,42)/t27-,31?/m0/s1. The topological polar surface area (TPSA) is 133 Å². The van der Waals surface area contributed by atoms with E-state index in [4.69, 9.17) is 14.2 Å². The Bertz CT molecular complexity index is 2000. The quantitative estimate of drug-likeness (QED) is 0.194. The number of nitrogens with zero attached hydrogens (tertiary/aromatic N) is 1. The molecule has 0 radical (unpaired) electrons. The first kappa shape index (κ1) is 34.5. The highest BCUT2D eigenvalue weighted by Crippen LogP contribution is 2.35. The molecule has 0 bridgehead atoms. The zero-order valence-corrected chi connectivity index (χ0v) is 27.2. The van der Waals surface area contributed by atoms with E-state index in [-0.39, 0.29) is 23.4 Å². The van der Waals surface area contributed by atoms with Crippen molar-refractivity contribution in [1.82, 2.24) is 9.29 Å². The van der Waals surface area contributed by atoms with Crippen LogP contribution in [0.3, 0.4) is 0 Å². The first-order valence-electron chi connectivity index (χ1n) is 15.0. The fourth-order valence-corrected chi connectivity index (χ4v) is 7.34. The number of hydrogen-bond acceptors (Lipinski definition) is 7. The molecule has 0 aliphatic heterocycles. The van der Waals surface area contributed by atoms with Crippen LogP contribution >= 0.6 is 0 Å². The minimum atomic E-state index is -4.99. The van der Waals surface area contributed by atoms with Crippen molar-refractivity contribution in [2.75, 3.05) is 27.4 Å². The van der Waals surface area contributed by atoms with Crippen LogP contribution in [-0.2, 0) is 35.4 Å². The van der Waals surface area contributed by atoms with Gasteiger partial charge in [0.05, 0.1) is 25.3 Å². The number of benzene rings is 3. The number of carboxylic acids is 1. The Labute approximate surface area is 276 Å². The Kier molecular flexibility index (Phi) is 10.4. The van der Waals surface area contributed by atoms with E-state index >= 15 is 0 Å². The highest BCUT2D eigenvalue weighted by Gasteiger charge is 2.33. The van der Waals surface area contributed by atoms with Gasteiger partial charge in [0.1, 0.15) is 29.1 Å². The van der Waals surface area contributed by atoms with E-state index in [1.807, 2.05) is 13.0 Å². The van der Waals surface area contributed by atoms with Crippen molar-refractivity contribution in [2.24, 2.45) is 0 Å². The summed E-state index contributed by atoms with van der Waals surface area (Å²) in [6.07, 6.45) is 2.06. The molecule has 13 heteroatoms. The Morgan fingerprint density at radius 3 is 2.33 bits per heavy atom. The van der Waals surface area contributed by atoms with E-state index < -0.39 is 50.2 Å². The number of para-hydroxylation sites is 1.